The Kier molecular flexibility index (Phi) is 6.28. The van der Waals surface area contributed by atoms with Crippen molar-refractivity contribution in [3.05, 3.63) is 54.2 Å². The Morgan fingerprint density at radius 2 is 1.94 bits per heavy atom. The van der Waals surface area contributed by atoms with E-state index in [0.717, 1.165) is 38.1 Å². The summed E-state index contributed by atoms with van der Waals surface area (Å²) < 4.78 is 31.7. The van der Waals surface area contributed by atoms with E-state index in [4.69, 9.17) is 4.42 Å². The number of carbonyl (C=O) groups is 1. The van der Waals surface area contributed by atoms with Gasteiger partial charge in [-0.25, -0.2) is 12.7 Å². The highest BCUT2D eigenvalue weighted by atomic mass is 32.2. The molecule has 0 radical (unpaired) electrons. The van der Waals surface area contributed by atoms with Crippen LogP contribution in [-0.2, 0) is 14.8 Å². The Labute approximate surface area is 195 Å². The summed E-state index contributed by atoms with van der Waals surface area (Å²) in [5, 5.41) is 11.6. The molecule has 4 aromatic rings. The molecule has 0 saturated carbocycles. The Bertz CT molecular complexity index is 1430. The van der Waals surface area contributed by atoms with E-state index < -0.39 is 15.3 Å². The minimum absolute atomic E-state index is 0.106. The predicted molar refractivity (Wildman–Crippen MR) is 128 cm³/mol. The lowest BCUT2D eigenvalue weighted by Crippen LogP contribution is -2.24. The Balaban J connectivity index is 1.48. The average molecular weight is 486 g/mol. The highest BCUT2D eigenvalue weighted by molar-refractivity contribution is 8.00. The molecule has 2 aromatic heterocycles. The number of carbonyl (C=O) groups excluding carboxylic acids is 1. The van der Waals surface area contributed by atoms with E-state index >= 15 is 0 Å². The van der Waals surface area contributed by atoms with Gasteiger partial charge in [0, 0.05) is 36.9 Å². The van der Waals surface area contributed by atoms with Crippen LogP contribution in [0.3, 0.4) is 0 Å². The zero-order valence-electron chi connectivity index (χ0n) is 18.5. The van der Waals surface area contributed by atoms with Crippen molar-refractivity contribution in [2.24, 2.45) is 0 Å². The standard InChI is InChI=1S/C22H23N5O4S2/c1-13-9-10-15(33(29,30)27(3)4)11-19(13)24-20(28)14(2)32-22-26-25-21(31-22)17-12-23-18-8-6-5-7-16(17)18/h5-12,14,23H,1-4H3,(H,24,28). The first-order valence-corrected chi connectivity index (χ1v) is 12.4. The molecule has 0 spiro atoms. The molecule has 0 aliphatic carbocycles. The van der Waals surface area contributed by atoms with Gasteiger partial charge in [-0.1, -0.05) is 36.0 Å². The third-order valence-corrected chi connectivity index (χ3v) is 7.86. The number of hydrogen-bond donors (Lipinski definition) is 2. The van der Waals surface area contributed by atoms with E-state index in [1.54, 1.807) is 26.1 Å². The summed E-state index contributed by atoms with van der Waals surface area (Å²) in [6.45, 7) is 3.51. The smallest absolute Gasteiger partial charge is 0.277 e. The summed E-state index contributed by atoms with van der Waals surface area (Å²) in [6, 6.07) is 12.4. The van der Waals surface area contributed by atoms with Crippen LogP contribution in [0.15, 0.2) is 63.2 Å². The number of thioether (sulfide) groups is 1. The Hall–Kier alpha value is -3.15. The number of aromatic amines is 1. The third kappa shape index (κ3) is 4.65. The highest BCUT2D eigenvalue weighted by Crippen LogP contribution is 2.31. The van der Waals surface area contributed by atoms with E-state index in [2.05, 4.69) is 20.5 Å². The zero-order valence-corrected chi connectivity index (χ0v) is 20.1. The quantitative estimate of drug-likeness (QED) is 0.381. The molecule has 1 atom stereocenters. The summed E-state index contributed by atoms with van der Waals surface area (Å²) in [5.74, 6) is 0.0503. The molecule has 33 heavy (non-hydrogen) atoms. The van der Waals surface area contributed by atoms with E-state index in [1.807, 2.05) is 24.3 Å². The fourth-order valence-electron chi connectivity index (χ4n) is 3.16. The molecular formula is C22H23N5O4S2. The molecule has 11 heteroatoms. The summed E-state index contributed by atoms with van der Waals surface area (Å²) in [4.78, 5) is 16.1. The number of benzene rings is 2. The molecule has 4 rings (SSSR count). The van der Waals surface area contributed by atoms with Crippen LogP contribution in [0.2, 0.25) is 0 Å². The molecule has 9 nitrogen and oxygen atoms in total. The van der Waals surface area contributed by atoms with Crippen molar-refractivity contribution < 1.29 is 17.6 Å². The highest BCUT2D eigenvalue weighted by Gasteiger charge is 2.22. The molecule has 2 aromatic carbocycles. The van der Waals surface area contributed by atoms with Crippen LogP contribution < -0.4 is 5.32 Å². The number of amides is 1. The fraction of sp³-hybridized carbons (Fsp3) is 0.227. The largest absolute Gasteiger partial charge is 0.411 e. The first kappa shape index (κ1) is 23.0. The summed E-state index contributed by atoms with van der Waals surface area (Å²) in [6.07, 6.45) is 1.81. The van der Waals surface area contributed by atoms with Crippen molar-refractivity contribution >= 4 is 44.3 Å². The number of nitrogens with one attached hydrogen (secondary N) is 2. The molecule has 0 aliphatic heterocycles. The van der Waals surface area contributed by atoms with Gasteiger partial charge in [-0.05, 0) is 37.6 Å². The average Bonchev–Trinajstić information content (AvgIpc) is 3.41. The van der Waals surface area contributed by atoms with Gasteiger partial charge in [0.2, 0.25) is 15.9 Å². The van der Waals surface area contributed by atoms with Gasteiger partial charge in [-0.2, -0.15) is 0 Å². The van der Waals surface area contributed by atoms with Crippen molar-refractivity contribution in [1.82, 2.24) is 19.5 Å². The van der Waals surface area contributed by atoms with Crippen molar-refractivity contribution in [3.8, 4) is 11.5 Å². The molecule has 172 valence electrons. The monoisotopic (exact) mass is 485 g/mol. The number of fused-ring (bicyclic) bond motifs is 1. The van der Waals surface area contributed by atoms with E-state index in [-0.39, 0.29) is 16.0 Å². The maximum atomic E-state index is 12.8. The molecule has 1 unspecified atom stereocenters. The normalized spacial score (nSPS) is 12.9. The molecule has 2 N–H and O–H groups in total. The first-order valence-electron chi connectivity index (χ1n) is 10.1. The van der Waals surface area contributed by atoms with Crippen molar-refractivity contribution in [3.63, 3.8) is 0 Å². The Morgan fingerprint density at radius 1 is 1.18 bits per heavy atom. The maximum absolute atomic E-state index is 12.8. The summed E-state index contributed by atoms with van der Waals surface area (Å²) in [5.41, 5.74) is 2.93. The summed E-state index contributed by atoms with van der Waals surface area (Å²) in [7, 11) is -0.695. The van der Waals surface area contributed by atoms with Gasteiger partial charge in [0.1, 0.15) is 0 Å². The first-order chi connectivity index (χ1) is 15.7. The maximum Gasteiger partial charge on any atom is 0.277 e. The number of sulfonamides is 1. The van der Waals surface area contributed by atoms with Crippen molar-refractivity contribution in [2.45, 2.75) is 29.2 Å². The number of H-pyrrole nitrogens is 1. The topological polar surface area (TPSA) is 121 Å². The molecule has 0 fully saturated rings. The summed E-state index contributed by atoms with van der Waals surface area (Å²) >= 11 is 1.13. The number of rotatable bonds is 7. The number of nitrogens with zero attached hydrogens (tertiary/aromatic N) is 3. The minimum Gasteiger partial charge on any atom is -0.411 e. The molecule has 1 amide bonds. The fourth-order valence-corrected chi connectivity index (χ4v) is 4.77. The molecule has 0 aliphatic rings. The molecule has 0 bridgehead atoms. The van der Waals surface area contributed by atoms with Crippen LogP contribution in [0.25, 0.3) is 22.4 Å². The third-order valence-electron chi connectivity index (χ3n) is 5.12. The molecular weight excluding hydrogens is 462 g/mol. The van der Waals surface area contributed by atoms with Crippen LogP contribution in [0.4, 0.5) is 5.69 Å². The lowest BCUT2D eigenvalue weighted by Gasteiger charge is -2.15. The lowest BCUT2D eigenvalue weighted by atomic mass is 10.2. The van der Waals surface area contributed by atoms with Crippen molar-refractivity contribution in [2.75, 3.05) is 19.4 Å². The number of hydrogen-bond acceptors (Lipinski definition) is 7. The second kappa shape index (κ2) is 9.00. The van der Waals surface area contributed by atoms with Gasteiger partial charge < -0.3 is 14.7 Å². The molecule has 0 saturated heterocycles. The van der Waals surface area contributed by atoms with Crippen LogP contribution in [0, 0.1) is 6.92 Å². The number of aryl methyl sites for hydroxylation is 1. The Morgan fingerprint density at radius 3 is 2.70 bits per heavy atom. The number of aromatic nitrogens is 3. The van der Waals surface area contributed by atoms with Crippen molar-refractivity contribution in [1.29, 1.82) is 0 Å². The van der Waals surface area contributed by atoms with E-state index in [0.29, 0.717) is 11.6 Å². The van der Waals surface area contributed by atoms with Crippen LogP contribution in [0.1, 0.15) is 12.5 Å². The van der Waals surface area contributed by atoms with Gasteiger partial charge in [0.25, 0.3) is 11.1 Å². The van der Waals surface area contributed by atoms with Crippen LogP contribution >= 0.6 is 11.8 Å². The van der Waals surface area contributed by atoms with Gasteiger partial charge in [-0.3, -0.25) is 4.79 Å². The van der Waals surface area contributed by atoms with Crippen LogP contribution in [0.5, 0.6) is 0 Å². The van der Waals surface area contributed by atoms with Gasteiger partial charge in [-0.15, -0.1) is 10.2 Å². The second-order valence-corrected chi connectivity index (χ2v) is 11.1. The van der Waals surface area contributed by atoms with Gasteiger partial charge in [0.15, 0.2) is 0 Å². The lowest BCUT2D eigenvalue weighted by molar-refractivity contribution is -0.115. The minimum atomic E-state index is -3.61. The van der Waals surface area contributed by atoms with Crippen LogP contribution in [-0.4, -0.2) is 53.2 Å². The van der Waals surface area contributed by atoms with Gasteiger partial charge >= 0.3 is 0 Å². The second-order valence-electron chi connectivity index (χ2n) is 7.63. The van der Waals surface area contributed by atoms with Gasteiger partial charge in [0.05, 0.1) is 15.7 Å². The zero-order chi connectivity index (χ0) is 23.8. The number of anilines is 1. The predicted octanol–water partition coefficient (Wildman–Crippen LogP) is 3.90. The number of para-hydroxylation sites is 1. The molecule has 2 heterocycles. The van der Waals surface area contributed by atoms with E-state index in [1.165, 1.54) is 26.2 Å². The van der Waals surface area contributed by atoms with E-state index in [9.17, 15) is 13.2 Å². The SMILES string of the molecule is Cc1ccc(S(=O)(=O)N(C)C)cc1NC(=O)C(C)Sc1nnc(-c2c[nH]c3ccccc23)o1.